The van der Waals surface area contributed by atoms with Crippen LogP contribution in [0, 0.1) is 11.8 Å². The molecule has 0 amide bonds. The van der Waals surface area contributed by atoms with E-state index in [4.69, 9.17) is 33.2 Å². The van der Waals surface area contributed by atoms with Gasteiger partial charge in [-0.05, 0) is 51.4 Å². The molecule has 0 spiro atoms. The summed E-state index contributed by atoms with van der Waals surface area (Å²) in [6, 6.07) is 0. The van der Waals surface area contributed by atoms with Crippen molar-refractivity contribution in [2.75, 3.05) is 13.2 Å². The molecule has 0 aromatic carbocycles. The highest BCUT2D eigenvalue weighted by Crippen LogP contribution is 2.44. The van der Waals surface area contributed by atoms with Crippen molar-refractivity contribution in [2.45, 2.75) is 174 Å². The first kappa shape index (κ1) is 39.9. The van der Waals surface area contributed by atoms with Crippen LogP contribution in [0.5, 0.6) is 0 Å². The first-order valence-electron chi connectivity index (χ1n) is 17.8. The van der Waals surface area contributed by atoms with E-state index in [1.54, 1.807) is 0 Å². The molecule has 296 valence electrons. The molecule has 19 heteroatoms. The van der Waals surface area contributed by atoms with Crippen LogP contribution in [-0.2, 0) is 33.2 Å². The molecular formula is C32H54O19. The Morgan fingerprint density at radius 1 is 0.569 bits per heavy atom. The molecule has 0 aromatic rings. The molecule has 6 fully saturated rings. The van der Waals surface area contributed by atoms with Crippen molar-refractivity contribution >= 4 is 0 Å². The molecule has 6 aliphatic rings. The molecule has 4 saturated heterocycles. The molecule has 2 aliphatic carbocycles. The third-order valence-corrected chi connectivity index (χ3v) is 11.4. The molecule has 0 aromatic heterocycles. The minimum absolute atomic E-state index is 0.108. The summed E-state index contributed by atoms with van der Waals surface area (Å²) in [6.45, 7) is 0.494. The Bertz CT molecular complexity index is 1120. The van der Waals surface area contributed by atoms with E-state index in [-0.39, 0.29) is 38.0 Å². The van der Waals surface area contributed by atoms with Crippen LogP contribution in [0.4, 0.5) is 0 Å². The van der Waals surface area contributed by atoms with Gasteiger partial charge in [0.15, 0.2) is 18.9 Å². The van der Waals surface area contributed by atoms with E-state index in [9.17, 15) is 61.3 Å². The highest BCUT2D eigenvalue weighted by Gasteiger charge is 2.54. The topological polar surface area (TPSA) is 307 Å². The van der Waals surface area contributed by atoms with E-state index in [2.05, 4.69) is 0 Å². The number of hydrogen-bond acceptors (Lipinski definition) is 19. The molecule has 6 rings (SSSR count). The Kier molecular flexibility index (Phi) is 12.9. The average molecular weight is 743 g/mol. The van der Waals surface area contributed by atoms with Gasteiger partial charge in [0.2, 0.25) is 0 Å². The van der Waals surface area contributed by atoms with Crippen LogP contribution in [0.2, 0.25) is 0 Å². The van der Waals surface area contributed by atoms with Crippen LogP contribution in [0.15, 0.2) is 0 Å². The summed E-state index contributed by atoms with van der Waals surface area (Å²) in [7, 11) is 0. The lowest BCUT2D eigenvalue weighted by Crippen LogP contribution is -2.65. The Labute approximate surface area is 293 Å². The van der Waals surface area contributed by atoms with Gasteiger partial charge in [-0.15, -0.1) is 0 Å². The number of ether oxygens (including phenoxy) is 7. The molecule has 23 atom stereocenters. The van der Waals surface area contributed by atoms with Crippen molar-refractivity contribution in [1.82, 2.24) is 0 Å². The van der Waals surface area contributed by atoms with Crippen LogP contribution < -0.4 is 0 Å². The molecule has 12 N–H and O–H groups in total. The van der Waals surface area contributed by atoms with Gasteiger partial charge in [-0.2, -0.15) is 0 Å². The summed E-state index contributed by atoms with van der Waals surface area (Å²) in [5.74, 6) is -0.836. The lowest BCUT2D eigenvalue weighted by molar-refractivity contribution is -0.376. The van der Waals surface area contributed by atoms with Crippen LogP contribution in [0.25, 0.3) is 0 Å². The van der Waals surface area contributed by atoms with Crippen LogP contribution >= 0.6 is 0 Å². The summed E-state index contributed by atoms with van der Waals surface area (Å²) in [5.41, 5.74) is 0. The third kappa shape index (κ3) is 8.42. The zero-order valence-electron chi connectivity index (χ0n) is 28.2. The minimum Gasteiger partial charge on any atom is -0.393 e. The first-order chi connectivity index (χ1) is 24.1. The zero-order valence-corrected chi connectivity index (χ0v) is 28.2. The number of rotatable bonds is 8. The largest absolute Gasteiger partial charge is 0.393 e. The van der Waals surface area contributed by atoms with Gasteiger partial charge in [-0.1, -0.05) is 0 Å². The summed E-state index contributed by atoms with van der Waals surface area (Å²) in [6.07, 6.45) is -26.2. The highest BCUT2D eigenvalue weighted by atomic mass is 16.8. The molecule has 0 radical (unpaired) electrons. The summed E-state index contributed by atoms with van der Waals surface area (Å²) in [5, 5.41) is 126. The maximum atomic E-state index is 11.4. The van der Waals surface area contributed by atoms with E-state index in [0.717, 1.165) is 0 Å². The summed E-state index contributed by atoms with van der Waals surface area (Å²) >= 11 is 0. The Morgan fingerprint density at radius 2 is 1.29 bits per heavy atom. The Morgan fingerprint density at radius 3 is 2.02 bits per heavy atom. The van der Waals surface area contributed by atoms with Crippen molar-refractivity contribution in [2.24, 2.45) is 11.8 Å². The van der Waals surface area contributed by atoms with E-state index in [1.807, 2.05) is 0 Å². The number of fused-ring (bicyclic) bond motifs is 1. The van der Waals surface area contributed by atoms with Gasteiger partial charge in [0.25, 0.3) is 0 Å². The van der Waals surface area contributed by atoms with Crippen molar-refractivity contribution in [3.8, 4) is 0 Å². The van der Waals surface area contributed by atoms with E-state index in [0.29, 0.717) is 6.42 Å². The maximum Gasteiger partial charge on any atom is 0.187 e. The maximum absolute atomic E-state index is 11.4. The Balaban J connectivity index is 1.25. The van der Waals surface area contributed by atoms with Crippen LogP contribution in [0.1, 0.15) is 45.4 Å². The highest BCUT2D eigenvalue weighted by molar-refractivity contribution is 5.00. The number of aliphatic hydroxyl groups is 12. The molecule has 4 heterocycles. The van der Waals surface area contributed by atoms with Crippen LogP contribution in [0.3, 0.4) is 0 Å². The van der Waals surface area contributed by atoms with Gasteiger partial charge in [0, 0.05) is 5.92 Å². The molecule has 23 unspecified atom stereocenters. The molecular weight excluding hydrogens is 688 g/mol. The fraction of sp³-hybridized carbons (Fsp3) is 1.00. The van der Waals surface area contributed by atoms with Gasteiger partial charge in [-0.3, -0.25) is 0 Å². The zero-order chi connectivity index (χ0) is 36.9. The number of hydrogen-bond donors (Lipinski definition) is 12. The average Bonchev–Trinajstić information content (AvgIpc) is 3.09. The second kappa shape index (κ2) is 16.5. The second-order valence-electron chi connectivity index (χ2n) is 15.0. The van der Waals surface area contributed by atoms with Crippen LogP contribution in [-0.4, -0.2) is 203 Å². The first-order valence-corrected chi connectivity index (χ1v) is 17.8. The molecule has 2 saturated carbocycles. The molecule has 4 aliphatic heterocycles. The van der Waals surface area contributed by atoms with Gasteiger partial charge in [0.1, 0.15) is 61.0 Å². The smallest absolute Gasteiger partial charge is 0.187 e. The molecule has 51 heavy (non-hydrogen) atoms. The summed E-state index contributed by atoms with van der Waals surface area (Å²) in [4.78, 5) is 0. The normalized spacial score (nSPS) is 55.6. The van der Waals surface area contributed by atoms with E-state index < -0.39 is 148 Å². The minimum atomic E-state index is -1.82. The molecule has 0 bridgehead atoms. The van der Waals surface area contributed by atoms with E-state index in [1.165, 1.54) is 6.92 Å². The standard InChI is InChI=1S/C32H54O19/c1-10-21(38)24(41)27(44)30(47-10)46-9-20-23(40)25(42)29(51-31-26(43)22(39)17(37)8-45-31)32(50-20)49-19-7-13-15(35)5-12(33)6-18(13)48-28(19)11-2-3-14(34)16(36)4-11/h10-44H,2-9H2,1H3. The van der Waals surface area contributed by atoms with Gasteiger partial charge in [0.05, 0.1) is 62.0 Å². The Hall–Kier alpha value is -0.760. The SMILES string of the molecule is CC1OC(OCC2OC(OC3CC4C(O)CC(O)CC4OC3C3CCC(O)C(O)C3)C(OC3OCC(O)C(O)C3O)C(O)C2O)C(O)C(O)C1O. The summed E-state index contributed by atoms with van der Waals surface area (Å²) < 4.78 is 41.5. The van der Waals surface area contributed by atoms with Crippen molar-refractivity contribution in [3.63, 3.8) is 0 Å². The lowest BCUT2D eigenvalue weighted by atomic mass is 9.72. The predicted octanol–water partition coefficient (Wildman–Crippen LogP) is -5.70. The van der Waals surface area contributed by atoms with Gasteiger partial charge in [-0.25, -0.2) is 0 Å². The quantitative estimate of drug-likeness (QED) is 0.110. The second-order valence-corrected chi connectivity index (χ2v) is 15.0. The van der Waals surface area contributed by atoms with Gasteiger partial charge < -0.3 is 94.4 Å². The third-order valence-electron chi connectivity index (χ3n) is 11.4. The van der Waals surface area contributed by atoms with Crippen molar-refractivity contribution in [3.05, 3.63) is 0 Å². The monoisotopic (exact) mass is 742 g/mol. The van der Waals surface area contributed by atoms with Gasteiger partial charge >= 0.3 is 0 Å². The van der Waals surface area contributed by atoms with E-state index >= 15 is 0 Å². The lowest BCUT2D eigenvalue weighted by Gasteiger charge is -2.51. The predicted molar refractivity (Wildman–Crippen MR) is 164 cm³/mol. The van der Waals surface area contributed by atoms with Crippen molar-refractivity contribution in [1.29, 1.82) is 0 Å². The van der Waals surface area contributed by atoms with Crippen molar-refractivity contribution < 1.29 is 94.4 Å². The fourth-order valence-corrected chi connectivity index (χ4v) is 8.27. The fourth-order valence-electron chi connectivity index (χ4n) is 8.27. The molecule has 19 nitrogen and oxygen atoms in total. The number of aliphatic hydroxyl groups excluding tert-OH is 12.